The number of hydrogen-bond acceptors (Lipinski definition) is 2. The molecule has 0 spiro atoms. The Morgan fingerprint density at radius 2 is 1.19 bits per heavy atom. The molecular weight excluding hydrogens is 295 g/mol. The van der Waals surface area contributed by atoms with Crippen LogP contribution < -0.4 is 0 Å². The van der Waals surface area contributed by atoms with Gasteiger partial charge in [-0.15, -0.1) is 0 Å². The highest BCUT2D eigenvalue weighted by Crippen LogP contribution is 2.27. The first-order chi connectivity index (χ1) is 9.82. The molecule has 2 rings (SSSR count). The zero-order valence-corrected chi connectivity index (χ0v) is 10.2. The number of aromatic hydroxyl groups is 2. The molecule has 0 amide bonds. The quantitative estimate of drug-likeness (QED) is 0.290. The second kappa shape index (κ2) is 5.43. The zero-order chi connectivity index (χ0) is 15.7. The van der Waals surface area contributed by atoms with Crippen LogP contribution in [-0.2, 0) is 0 Å². The lowest BCUT2D eigenvalue weighted by atomic mass is 10.1. The van der Waals surface area contributed by atoms with Gasteiger partial charge in [-0.2, -0.15) is 0 Å². The number of phenolic OH excluding ortho intramolecular Hbond substituents is 2. The molecular formula is C14H7F5O2. The van der Waals surface area contributed by atoms with Gasteiger partial charge in [-0.3, -0.25) is 0 Å². The molecule has 0 aliphatic carbocycles. The lowest BCUT2D eigenvalue weighted by molar-refractivity contribution is 0.377. The molecule has 21 heavy (non-hydrogen) atoms. The van der Waals surface area contributed by atoms with E-state index in [9.17, 15) is 27.1 Å². The van der Waals surface area contributed by atoms with E-state index in [0.29, 0.717) is 6.08 Å². The first-order valence-corrected chi connectivity index (χ1v) is 5.54. The molecule has 0 aliphatic heterocycles. The van der Waals surface area contributed by atoms with Crippen molar-refractivity contribution in [2.75, 3.05) is 0 Å². The van der Waals surface area contributed by atoms with Crippen LogP contribution in [0.2, 0.25) is 0 Å². The van der Waals surface area contributed by atoms with E-state index in [2.05, 4.69) is 0 Å². The largest absolute Gasteiger partial charge is 0.504 e. The fourth-order valence-electron chi connectivity index (χ4n) is 1.59. The number of hydrogen-bond donors (Lipinski definition) is 2. The van der Waals surface area contributed by atoms with E-state index in [4.69, 9.17) is 5.11 Å². The third-order valence-corrected chi connectivity index (χ3v) is 2.69. The van der Waals surface area contributed by atoms with E-state index in [1.165, 1.54) is 6.07 Å². The standard InChI is InChI=1S/C14H7F5O2/c15-10-7(11(16)13(18)14(19)12(10)17)3-1-6-2-4-8(20)9(21)5-6/h1-5,20-21H/b3-1+. The summed E-state index contributed by atoms with van der Waals surface area (Å²) in [6, 6.07) is 3.43. The smallest absolute Gasteiger partial charge is 0.200 e. The van der Waals surface area contributed by atoms with Crippen LogP contribution in [-0.4, -0.2) is 10.2 Å². The van der Waals surface area contributed by atoms with Gasteiger partial charge in [0.25, 0.3) is 0 Å². The molecule has 0 saturated carbocycles. The van der Waals surface area contributed by atoms with Gasteiger partial charge in [-0.05, 0) is 23.8 Å². The van der Waals surface area contributed by atoms with Crippen molar-refractivity contribution < 1.29 is 32.2 Å². The summed E-state index contributed by atoms with van der Waals surface area (Å²) in [5.41, 5.74) is -0.909. The molecule has 2 aromatic carbocycles. The van der Waals surface area contributed by atoms with Gasteiger partial charge in [-0.1, -0.05) is 12.1 Å². The van der Waals surface area contributed by atoms with Gasteiger partial charge in [-0.25, -0.2) is 22.0 Å². The summed E-state index contributed by atoms with van der Waals surface area (Å²) in [4.78, 5) is 0. The van der Waals surface area contributed by atoms with E-state index in [0.717, 1.165) is 18.2 Å². The van der Waals surface area contributed by atoms with Gasteiger partial charge in [0, 0.05) is 0 Å². The highest BCUT2D eigenvalue weighted by Gasteiger charge is 2.24. The van der Waals surface area contributed by atoms with Crippen LogP contribution in [0, 0.1) is 29.1 Å². The molecule has 2 N–H and O–H groups in total. The molecule has 0 fully saturated rings. The summed E-state index contributed by atoms with van der Waals surface area (Å²) >= 11 is 0. The van der Waals surface area contributed by atoms with Crippen molar-refractivity contribution in [3.63, 3.8) is 0 Å². The van der Waals surface area contributed by atoms with Crippen molar-refractivity contribution in [3.8, 4) is 11.5 Å². The Morgan fingerprint density at radius 1 is 0.667 bits per heavy atom. The van der Waals surface area contributed by atoms with E-state index >= 15 is 0 Å². The number of halogens is 5. The van der Waals surface area contributed by atoms with Crippen molar-refractivity contribution in [1.29, 1.82) is 0 Å². The molecule has 0 radical (unpaired) electrons. The van der Waals surface area contributed by atoms with Gasteiger partial charge < -0.3 is 10.2 Å². The van der Waals surface area contributed by atoms with Crippen LogP contribution >= 0.6 is 0 Å². The summed E-state index contributed by atoms with van der Waals surface area (Å²) in [5.74, 6) is -11.1. The minimum absolute atomic E-state index is 0.189. The van der Waals surface area contributed by atoms with Crippen LogP contribution in [0.4, 0.5) is 22.0 Å². The highest BCUT2D eigenvalue weighted by atomic mass is 19.2. The molecule has 2 nitrogen and oxygen atoms in total. The average molecular weight is 302 g/mol. The maximum atomic E-state index is 13.4. The second-order valence-corrected chi connectivity index (χ2v) is 4.07. The monoisotopic (exact) mass is 302 g/mol. The summed E-state index contributed by atoms with van der Waals surface area (Å²) in [7, 11) is 0. The maximum absolute atomic E-state index is 13.4. The Balaban J connectivity index is 2.48. The van der Waals surface area contributed by atoms with Crippen molar-refractivity contribution in [2.24, 2.45) is 0 Å². The van der Waals surface area contributed by atoms with Crippen molar-refractivity contribution in [3.05, 3.63) is 58.4 Å². The van der Waals surface area contributed by atoms with Gasteiger partial charge >= 0.3 is 0 Å². The molecule has 2 aromatic rings. The third kappa shape index (κ3) is 2.67. The zero-order valence-electron chi connectivity index (χ0n) is 10.2. The maximum Gasteiger partial charge on any atom is 0.200 e. The van der Waals surface area contributed by atoms with Crippen LogP contribution in [0.15, 0.2) is 18.2 Å². The fourth-order valence-corrected chi connectivity index (χ4v) is 1.59. The topological polar surface area (TPSA) is 40.5 Å². The Labute approximate surface area is 115 Å². The van der Waals surface area contributed by atoms with Crippen molar-refractivity contribution >= 4 is 12.2 Å². The molecule has 0 atom stereocenters. The Kier molecular flexibility index (Phi) is 3.84. The second-order valence-electron chi connectivity index (χ2n) is 4.07. The SMILES string of the molecule is Oc1ccc(/C=C/c2c(F)c(F)c(F)c(F)c2F)cc1O. The summed E-state index contributed by atoms with van der Waals surface area (Å²) in [5, 5.41) is 18.3. The van der Waals surface area contributed by atoms with Gasteiger partial charge in [0.2, 0.25) is 5.82 Å². The third-order valence-electron chi connectivity index (χ3n) is 2.69. The summed E-state index contributed by atoms with van der Waals surface area (Å²) in [6.45, 7) is 0. The Bertz CT molecular complexity index is 712. The van der Waals surface area contributed by atoms with E-state index in [1.807, 2.05) is 0 Å². The van der Waals surface area contributed by atoms with Crippen LogP contribution in [0.25, 0.3) is 12.2 Å². The fraction of sp³-hybridized carbons (Fsp3) is 0. The summed E-state index contributed by atoms with van der Waals surface area (Å²) < 4.78 is 65.6. The lowest BCUT2D eigenvalue weighted by Crippen LogP contribution is -2.03. The first kappa shape index (κ1) is 14.8. The first-order valence-electron chi connectivity index (χ1n) is 5.54. The molecule has 0 unspecified atom stereocenters. The normalized spacial score (nSPS) is 11.3. The highest BCUT2D eigenvalue weighted by molar-refractivity contribution is 5.71. The van der Waals surface area contributed by atoms with Crippen LogP contribution in [0.5, 0.6) is 11.5 Å². The number of rotatable bonds is 2. The molecule has 110 valence electrons. The summed E-state index contributed by atoms with van der Waals surface area (Å²) in [6.07, 6.45) is 1.71. The molecule has 7 heteroatoms. The van der Waals surface area contributed by atoms with E-state index < -0.39 is 46.1 Å². The van der Waals surface area contributed by atoms with E-state index in [1.54, 1.807) is 0 Å². The van der Waals surface area contributed by atoms with Crippen LogP contribution in [0.3, 0.4) is 0 Å². The van der Waals surface area contributed by atoms with Gasteiger partial charge in [0.1, 0.15) is 0 Å². The predicted octanol–water partition coefficient (Wildman–Crippen LogP) is 3.96. The van der Waals surface area contributed by atoms with E-state index in [-0.39, 0.29) is 5.56 Å². The Morgan fingerprint density at radius 3 is 1.71 bits per heavy atom. The lowest BCUT2D eigenvalue weighted by Gasteiger charge is -2.04. The predicted molar refractivity (Wildman–Crippen MR) is 64.9 cm³/mol. The van der Waals surface area contributed by atoms with Gasteiger partial charge in [0.05, 0.1) is 5.56 Å². The molecule has 0 heterocycles. The molecule has 0 aromatic heterocycles. The number of phenols is 2. The van der Waals surface area contributed by atoms with Crippen LogP contribution in [0.1, 0.15) is 11.1 Å². The minimum atomic E-state index is -2.23. The minimum Gasteiger partial charge on any atom is -0.504 e. The van der Waals surface area contributed by atoms with Gasteiger partial charge in [0.15, 0.2) is 34.8 Å². The average Bonchev–Trinajstić information content (AvgIpc) is 2.46. The molecule has 0 bridgehead atoms. The van der Waals surface area contributed by atoms with Crippen molar-refractivity contribution in [2.45, 2.75) is 0 Å². The van der Waals surface area contributed by atoms with Crippen molar-refractivity contribution in [1.82, 2.24) is 0 Å². The number of benzene rings is 2. The molecule has 0 aliphatic rings. The Hall–Kier alpha value is -2.57. The molecule has 0 saturated heterocycles.